The number of carbonyl (C=O) groups is 2. The highest BCUT2D eigenvalue weighted by Crippen LogP contribution is 2.43. The van der Waals surface area contributed by atoms with Crippen LogP contribution in [0.2, 0.25) is 18.1 Å². The number of likely N-dealkylation sites (tertiary alicyclic amines) is 1. The quantitative estimate of drug-likeness (QED) is 0.689. The van der Waals surface area contributed by atoms with Gasteiger partial charge >= 0.3 is 6.09 Å². The molecule has 7 nitrogen and oxygen atoms in total. The number of primary amides is 1. The molecule has 27 heavy (non-hydrogen) atoms. The van der Waals surface area contributed by atoms with Crippen molar-refractivity contribution in [1.82, 2.24) is 4.90 Å². The molecule has 1 aliphatic rings. The van der Waals surface area contributed by atoms with Gasteiger partial charge in [-0.15, -0.1) is 0 Å². The highest BCUT2D eigenvalue weighted by molar-refractivity contribution is 6.74. The van der Waals surface area contributed by atoms with Gasteiger partial charge in [0.25, 0.3) is 0 Å². The van der Waals surface area contributed by atoms with Gasteiger partial charge in [0.1, 0.15) is 5.60 Å². The molecule has 158 valence electrons. The fraction of sp³-hybridized carbons (Fsp3) is 0.895. The molecular weight excluding hydrogens is 362 g/mol. The third-order valence-electron chi connectivity index (χ3n) is 5.97. The molecule has 0 bridgehead atoms. The van der Waals surface area contributed by atoms with Crippen molar-refractivity contribution in [2.75, 3.05) is 13.1 Å². The second kappa shape index (κ2) is 7.71. The van der Waals surface area contributed by atoms with E-state index in [-0.39, 0.29) is 17.7 Å². The Labute approximate surface area is 165 Å². The lowest BCUT2D eigenvalue weighted by Gasteiger charge is -2.41. The van der Waals surface area contributed by atoms with Gasteiger partial charge in [0.15, 0.2) is 8.32 Å². The van der Waals surface area contributed by atoms with Crippen LogP contribution in [-0.2, 0) is 14.0 Å². The van der Waals surface area contributed by atoms with Crippen molar-refractivity contribution in [3.63, 3.8) is 0 Å². The number of nitrogens with zero attached hydrogens (tertiary/aromatic N) is 1. The molecule has 0 aromatic heterocycles. The summed E-state index contributed by atoms with van der Waals surface area (Å²) in [7, 11) is -2.05. The number of carbonyl (C=O) groups excluding carboxylic acids is 2. The summed E-state index contributed by atoms with van der Waals surface area (Å²) in [5.41, 5.74) is 10.2. The topological polar surface area (TPSA) is 108 Å². The standard InChI is InChI=1S/C19H39N3O4Si/c1-13(15(21)23)19(12-20)10-14(26-27(8,9)18(5,6)7)11-22(19)16(24)25-17(2,3)4/h13-14H,10-12,20H2,1-9H3,(H2,21,23)/t13?,14-,19-/m1/s1. The Morgan fingerprint density at radius 2 is 1.74 bits per heavy atom. The number of amides is 2. The highest BCUT2D eigenvalue weighted by atomic mass is 28.4. The van der Waals surface area contributed by atoms with Crippen LogP contribution in [0.3, 0.4) is 0 Å². The minimum atomic E-state index is -2.05. The van der Waals surface area contributed by atoms with Gasteiger partial charge in [-0.1, -0.05) is 27.7 Å². The fourth-order valence-electron chi connectivity index (χ4n) is 3.25. The van der Waals surface area contributed by atoms with Crippen molar-refractivity contribution in [3.05, 3.63) is 0 Å². The molecule has 1 fully saturated rings. The minimum absolute atomic E-state index is 0.0347. The predicted octanol–water partition coefficient (Wildman–Crippen LogP) is 2.84. The molecule has 4 N–H and O–H groups in total. The third-order valence-corrected chi connectivity index (χ3v) is 10.5. The molecule has 0 spiro atoms. The molecule has 1 heterocycles. The average Bonchev–Trinajstić information content (AvgIpc) is 2.82. The second-order valence-electron chi connectivity index (χ2n) is 10.2. The van der Waals surface area contributed by atoms with Crippen molar-refractivity contribution in [2.45, 2.75) is 90.3 Å². The summed E-state index contributed by atoms with van der Waals surface area (Å²) in [6.45, 7) is 18.5. The molecule has 1 rings (SSSR count). The first-order valence-corrected chi connectivity index (χ1v) is 12.6. The lowest BCUT2D eigenvalue weighted by Crippen LogP contribution is -2.59. The van der Waals surface area contributed by atoms with Gasteiger partial charge in [0, 0.05) is 13.1 Å². The lowest BCUT2D eigenvalue weighted by molar-refractivity contribution is -0.125. The maximum Gasteiger partial charge on any atom is 0.410 e. The van der Waals surface area contributed by atoms with E-state index < -0.39 is 37.4 Å². The van der Waals surface area contributed by atoms with Crippen LogP contribution < -0.4 is 11.5 Å². The van der Waals surface area contributed by atoms with Crippen LogP contribution in [0.1, 0.15) is 54.9 Å². The summed E-state index contributed by atoms with van der Waals surface area (Å²) < 4.78 is 12.1. The molecule has 1 saturated heterocycles. The van der Waals surface area contributed by atoms with Crippen molar-refractivity contribution in [2.24, 2.45) is 17.4 Å². The van der Waals surface area contributed by atoms with Gasteiger partial charge in [-0.05, 0) is 45.3 Å². The monoisotopic (exact) mass is 401 g/mol. The van der Waals surface area contributed by atoms with E-state index in [9.17, 15) is 9.59 Å². The molecule has 0 saturated carbocycles. The lowest BCUT2D eigenvalue weighted by atomic mass is 9.82. The molecule has 3 atom stereocenters. The first kappa shape index (κ1) is 23.9. The van der Waals surface area contributed by atoms with Gasteiger partial charge < -0.3 is 20.6 Å². The molecule has 1 unspecified atom stereocenters. The van der Waals surface area contributed by atoms with Gasteiger partial charge in [0.05, 0.1) is 17.6 Å². The summed E-state index contributed by atoms with van der Waals surface area (Å²) in [6, 6.07) is 0. The zero-order valence-electron chi connectivity index (χ0n) is 18.5. The van der Waals surface area contributed by atoms with Crippen LogP contribution in [0, 0.1) is 5.92 Å². The summed E-state index contributed by atoms with van der Waals surface area (Å²) >= 11 is 0. The van der Waals surface area contributed by atoms with Crippen molar-refractivity contribution in [3.8, 4) is 0 Å². The summed E-state index contributed by atoms with van der Waals surface area (Å²) in [5.74, 6) is -1.09. The SMILES string of the molecule is CC(C(N)=O)[C@]1(CN)C[C@@H](O[Si](C)(C)C(C)(C)C)CN1C(=O)OC(C)(C)C. The predicted molar refractivity (Wildman–Crippen MR) is 110 cm³/mol. The molecule has 0 aromatic rings. The van der Waals surface area contributed by atoms with E-state index in [1.54, 1.807) is 11.8 Å². The number of ether oxygens (including phenoxy) is 1. The number of nitrogens with two attached hydrogens (primary N) is 2. The summed E-state index contributed by atoms with van der Waals surface area (Å²) in [6.07, 6.45) is -0.217. The number of hydrogen-bond acceptors (Lipinski definition) is 5. The van der Waals surface area contributed by atoms with Crippen LogP contribution >= 0.6 is 0 Å². The van der Waals surface area contributed by atoms with E-state index in [1.165, 1.54) is 0 Å². The fourth-order valence-corrected chi connectivity index (χ4v) is 4.59. The largest absolute Gasteiger partial charge is 0.444 e. The van der Waals surface area contributed by atoms with E-state index in [2.05, 4.69) is 33.9 Å². The van der Waals surface area contributed by atoms with Crippen molar-refractivity contribution >= 4 is 20.3 Å². The second-order valence-corrected chi connectivity index (χ2v) is 15.0. The number of rotatable bonds is 5. The van der Waals surface area contributed by atoms with Crippen LogP contribution in [0.25, 0.3) is 0 Å². The van der Waals surface area contributed by atoms with Crippen LogP contribution in [-0.4, -0.2) is 55.6 Å². The summed E-state index contributed by atoms with van der Waals surface area (Å²) in [4.78, 5) is 26.5. The Kier molecular flexibility index (Phi) is 6.83. The van der Waals surface area contributed by atoms with Gasteiger partial charge in [0.2, 0.25) is 5.91 Å². The molecule has 1 aliphatic heterocycles. The third kappa shape index (κ3) is 5.23. The van der Waals surface area contributed by atoms with Crippen LogP contribution in [0.15, 0.2) is 0 Å². The van der Waals surface area contributed by atoms with E-state index in [4.69, 9.17) is 20.6 Å². The maximum absolute atomic E-state index is 12.9. The van der Waals surface area contributed by atoms with Crippen LogP contribution in [0.5, 0.6) is 0 Å². The molecule has 8 heteroatoms. The van der Waals surface area contributed by atoms with Crippen molar-refractivity contribution in [1.29, 1.82) is 0 Å². The Morgan fingerprint density at radius 3 is 2.11 bits per heavy atom. The van der Waals surface area contributed by atoms with Crippen LogP contribution in [0.4, 0.5) is 4.79 Å². The first-order valence-electron chi connectivity index (χ1n) is 9.64. The molecule has 0 aromatic carbocycles. The van der Waals surface area contributed by atoms with Gasteiger partial charge in [-0.25, -0.2) is 4.79 Å². The first-order chi connectivity index (χ1) is 12.0. The Bertz CT molecular complexity index is 568. The van der Waals surface area contributed by atoms with Crippen molar-refractivity contribution < 1.29 is 18.8 Å². The Morgan fingerprint density at radius 1 is 1.22 bits per heavy atom. The Hall–Kier alpha value is -1.12. The van der Waals surface area contributed by atoms with Gasteiger partial charge in [-0.3, -0.25) is 9.69 Å². The van der Waals surface area contributed by atoms with E-state index >= 15 is 0 Å². The smallest absolute Gasteiger partial charge is 0.410 e. The van der Waals surface area contributed by atoms with E-state index in [1.807, 2.05) is 20.8 Å². The van der Waals surface area contributed by atoms with E-state index in [0.29, 0.717) is 13.0 Å². The molecular formula is C19H39N3O4Si. The molecule has 0 aliphatic carbocycles. The Balaban J connectivity index is 3.24. The van der Waals surface area contributed by atoms with Gasteiger partial charge in [-0.2, -0.15) is 0 Å². The maximum atomic E-state index is 12.9. The van der Waals surface area contributed by atoms with E-state index in [0.717, 1.165) is 0 Å². The highest BCUT2D eigenvalue weighted by Gasteiger charge is 2.55. The molecule has 2 amide bonds. The normalized spacial score (nSPS) is 25.4. The minimum Gasteiger partial charge on any atom is -0.444 e. The zero-order chi connectivity index (χ0) is 21.4. The summed E-state index contributed by atoms with van der Waals surface area (Å²) in [5, 5.41) is 0.0347. The number of hydrogen-bond donors (Lipinski definition) is 2. The molecule has 0 radical (unpaired) electrons. The average molecular weight is 402 g/mol. The zero-order valence-corrected chi connectivity index (χ0v) is 19.5.